The lowest BCUT2D eigenvalue weighted by molar-refractivity contribution is -0.116. The van der Waals surface area contributed by atoms with Crippen LogP contribution < -0.4 is 0 Å². The Bertz CT molecular complexity index is 227. The van der Waals surface area contributed by atoms with E-state index >= 15 is 0 Å². The first-order valence-electron chi connectivity index (χ1n) is 5.15. The van der Waals surface area contributed by atoms with Gasteiger partial charge in [0.1, 0.15) is 5.78 Å². The van der Waals surface area contributed by atoms with Crippen molar-refractivity contribution in [3.05, 3.63) is 0 Å². The van der Waals surface area contributed by atoms with E-state index in [1.165, 1.54) is 0 Å². The van der Waals surface area contributed by atoms with E-state index < -0.39 is 10.8 Å². The Morgan fingerprint density at radius 1 is 1.57 bits per heavy atom. The fourth-order valence-electron chi connectivity index (χ4n) is 1.67. The van der Waals surface area contributed by atoms with Crippen LogP contribution in [0.25, 0.3) is 0 Å². The third-order valence-corrected chi connectivity index (χ3v) is 4.38. The molecule has 14 heavy (non-hydrogen) atoms. The molecule has 82 valence electrons. The number of rotatable bonds is 5. The molecule has 4 heteroatoms. The average Bonchev–Trinajstić information content (AvgIpc) is 2.51. The van der Waals surface area contributed by atoms with Gasteiger partial charge in [0.15, 0.2) is 0 Å². The Kier molecular flexibility index (Phi) is 4.75. The van der Waals surface area contributed by atoms with Crippen LogP contribution in [0.5, 0.6) is 0 Å². The smallest absolute Gasteiger partial charge is 0.145 e. The van der Waals surface area contributed by atoms with E-state index in [-0.39, 0.29) is 22.9 Å². The predicted molar refractivity (Wildman–Crippen MR) is 56.7 cm³/mol. The summed E-state index contributed by atoms with van der Waals surface area (Å²) in [6, 6.07) is 0. The Hall–Kier alpha value is -0.220. The van der Waals surface area contributed by atoms with Gasteiger partial charge in [0.25, 0.3) is 0 Å². The summed E-state index contributed by atoms with van der Waals surface area (Å²) < 4.78 is 17.1. The molecule has 1 fully saturated rings. The maximum atomic E-state index is 11.8. The highest BCUT2D eigenvalue weighted by atomic mass is 32.2. The molecule has 0 aliphatic carbocycles. The maximum absolute atomic E-state index is 11.8. The predicted octanol–water partition coefficient (Wildman–Crippen LogP) is 1.28. The Labute approximate surface area is 87.7 Å². The summed E-state index contributed by atoms with van der Waals surface area (Å²) in [5.74, 6) is 0.330. The fraction of sp³-hybridized carbons (Fsp3) is 0.900. The first-order valence-corrected chi connectivity index (χ1v) is 6.53. The monoisotopic (exact) mass is 218 g/mol. The SMILES string of the molecule is CCCC(=O)CS(=O)C1CCOC1C. The summed E-state index contributed by atoms with van der Waals surface area (Å²) >= 11 is 0. The Morgan fingerprint density at radius 2 is 2.29 bits per heavy atom. The van der Waals surface area contributed by atoms with E-state index in [4.69, 9.17) is 4.74 Å². The van der Waals surface area contributed by atoms with Crippen LogP contribution in [0.2, 0.25) is 0 Å². The number of Topliss-reactive ketones (excluding diaryl/α,β-unsaturated/α-hetero) is 1. The quantitative estimate of drug-likeness (QED) is 0.698. The summed E-state index contributed by atoms with van der Waals surface area (Å²) in [7, 11) is -1.03. The van der Waals surface area contributed by atoms with Crippen molar-refractivity contribution in [2.45, 2.75) is 44.5 Å². The minimum absolute atomic E-state index is 0.0465. The zero-order valence-electron chi connectivity index (χ0n) is 8.82. The fourth-order valence-corrected chi connectivity index (χ4v) is 3.21. The molecule has 0 aromatic heterocycles. The molecule has 0 bridgehead atoms. The highest BCUT2D eigenvalue weighted by molar-refractivity contribution is 7.86. The van der Waals surface area contributed by atoms with E-state index in [1.54, 1.807) is 0 Å². The molecule has 1 aliphatic heterocycles. The van der Waals surface area contributed by atoms with Crippen LogP contribution in [0, 0.1) is 0 Å². The molecule has 0 amide bonds. The number of carbonyl (C=O) groups excluding carboxylic acids is 1. The second kappa shape index (κ2) is 5.61. The van der Waals surface area contributed by atoms with Gasteiger partial charge < -0.3 is 4.74 Å². The summed E-state index contributed by atoms with van der Waals surface area (Å²) in [5, 5.41) is 0.0656. The van der Waals surface area contributed by atoms with Crippen LogP contribution in [-0.2, 0) is 20.3 Å². The van der Waals surface area contributed by atoms with E-state index in [1.807, 2.05) is 13.8 Å². The number of hydrogen-bond acceptors (Lipinski definition) is 3. The molecule has 0 aromatic rings. The van der Waals surface area contributed by atoms with Crippen molar-refractivity contribution >= 4 is 16.6 Å². The molecule has 3 atom stereocenters. The molecule has 3 nitrogen and oxygen atoms in total. The molecule has 0 aromatic carbocycles. The van der Waals surface area contributed by atoms with E-state index in [0.717, 1.165) is 12.8 Å². The van der Waals surface area contributed by atoms with Gasteiger partial charge in [0.05, 0.1) is 17.1 Å². The van der Waals surface area contributed by atoms with Crippen LogP contribution in [0.15, 0.2) is 0 Å². The zero-order valence-corrected chi connectivity index (χ0v) is 9.64. The molecule has 3 unspecified atom stereocenters. The van der Waals surface area contributed by atoms with Crippen molar-refractivity contribution < 1.29 is 13.7 Å². The molecule has 0 radical (unpaired) electrons. The van der Waals surface area contributed by atoms with Gasteiger partial charge in [-0.1, -0.05) is 6.92 Å². The van der Waals surface area contributed by atoms with E-state index in [2.05, 4.69) is 0 Å². The average molecular weight is 218 g/mol. The van der Waals surface area contributed by atoms with Crippen LogP contribution >= 0.6 is 0 Å². The van der Waals surface area contributed by atoms with Crippen molar-refractivity contribution in [1.82, 2.24) is 0 Å². The van der Waals surface area contributed by atoms with Crippen molar-refractivity contribution in [2.24, 2.45) is 0 Å². The molecule has 1 rings (SSSR count). The lowest BCUT2D eigenvalue weighted by Gasteiger charge is -2.12. The molecule has 0 saturated carbocycles. The molecule has 1 saturated heterocycles. The van der Waals surface area contributed by atoms with Gasteiger partial charge >= 0.3 is 0 Å². The number of ether oxygens (including phenoxy) is 1. The first kappa shape index (κ1) is 11.9. The van der Waals surface area contributed by atoms with Crippen LogP contribution in [-0.4, -0.2) is 33.7 Å². The second-order valence-electron chi connectivity index (χ2n) is 3.72. The van der Waals surface area contributed by atoms with Gasteiger partial charge in [0, 0.05) is 23.8 Å². The summed E-state index contributed by atoms with van der Waals surface area (Å²) in [6.07, 6.45) is 2.26. The van der Waals surface area contributed by atoms with Gasteiger partial charge in [-0.2, -0.15) is 0 Å². The first-order chi connectivity index (χ1) is 6.65. The lowest BCUT2D eigenvalue weighted by atomic mass is 10.2. The van der Waals surface area contributed by atoms with Gasteiger partial charge in [-0.3, -0.25) is 9.00 Å². The van der Waals surface area contributed by atoms with Crippen molar-refractivity contribution in [3.63, 3.8) is 0 Å². The summed E-state index contributed by atoms with van der Waals surface area (Å²) in [5.41, 5.74) is 0. The normalized spacial score (nSPS) is 29.0. The molecular formula is C10H18O3S. The second-order valence-corrected chi connectivity index (χ2v) is 5.37. The summed E-state index contributed by atoms with van der Waals surface area (Å²) in [6.45, 7) is 4.57. The van der Waals surface area contributed by atoms with Gasteiger partial charge in [-0.05, 0) is 19.8 Å². The van der Waals surface area contributed by atoms with Gasteiger partial charge in [0.2, 0.25) is 0 Å². The largest absolute Gasteiger partial charge is 0.377 e. The van der Waals surface area contributed by atoms with Crippen molar-refractivity contribution in [1.29, 1.82) is 0 Å². The Balaban J connectivity index is 2.37. The van der Waals surface area contributed by atoms with Crippen LogP contribution in [0.4, 0.5) is 0 Å². The standard InChI is InChI=1S/C10H18O3S/c1-3-4-9(11)7-14(12)10-5-6-13-8(10)2/h8,10H,3-7H2,1-2H3. The third-order valence-electron chi connectivity index (χ3n) is 2.48. The number of carbonyl (C=O) groups is 1. The third kappa shape index (κ3) is 3.17. The molecule has 0 N–H and O–H groups in total. The highest BCUT2D eigenvalue weighted by Gasteiger charge is 2.30. The Morgan fingerprint density at radius 3 is 2.79 bits per heavy atom. The molecule has 1 aliphatic rings. The topological polar surface area (TPSA) is 43.4 Å². The van der Waals surface area contributed by atoms with Crippen LogP contribution in [0.3, 0.4) is 0 Å². The summed E-state index contributed by atoms with van der Waals surface area (Å²) in [4.78, 5) is 11.3. The molecule has 0 spiro atoms. The van der Waals surface area contributed by atoms with Crippen LogP contribution in [0.1, 0.15) is 33.1 Å². The number of ketones is 1. The maximum Gasteiger partial charge on any atom is 0.145 e. The molecule has 1 heterocycles. The van der Waals surface area contributed by atoms with Crippen molar-refractivity contribution in [2.75, 3.05) is 12.4 Å². The molecular weight excluding hydrogens is 200 g/mol. The highest BCUT2D eigenvalue weighted by Crippen LogP contribution is 2.19. The van der Waals surface area contributed by atoms with Gasteiger partial charge in [-0.15, -0.1) is 0 Å². The zero-order chi connectivity index (χ0) is 10.6. The van der Waals surface area contributed by atoms with E-state index in [9.17, 15) is 9.00 Å². The lowest BCUT2D eigenvalue weighted by Crippen LogP contribution is -2.27. The number of hydrogen-bond donors (Lipinski definition) is 0. The van der Waals surface area contributed by atoms with E-state index in [0.29, 0.717) is 13.0 Å². The minimum atomic E-state index is -1.03. The van der Waals surface area contributed by atoms with Crippen molar-refractivity contribution in [3.8, 4) is 0 Å². The van der Waals surface area contributed by atoms with Gasteiger partial charge in [-0.25, -0.2) is 0 Å². The minimum Gasteiger partial charge on any atom is -0.377 e.